The zero-order valence-electron chi connectivity index (χ0n) is 8.44. The lowest BCUT2D eigenvalue weighted by Crippen LogP contribution is -2.00. The van der Waals surface area contributed by atoms with E-state index in [1.54, 1.807) is 12.3 Å². The first kappa shape index (κ1) is 9.35. The Kier molecular flexibility index (Phi) is 2.11. The molecule has 1 aliphatic rings. The van der Waals surface area contributed by atoms with Gasteiger partial charge in [-0.3, -0.25) is 0 Å². The fraction of sp³-hybridized carbons (Fsp3) is 0.182. The molecule has 80 valence electrons. The molecule has 0 unspecified atom stereocenters. The Morgan fingerprint density at radius 3 is 2.88 bits per heavy atom. The van der Waals surface area contributed by atoms with E-state index in [-0.39, 0.29) is 5.82 Å². The van der Waals surface area contributed by atoms with Crippen molar-refractivity contribution < 1.29 is 4.39 Å². The van der Waals surface area contributed by atoms with Crippen LogP contribution in [0.25, 0.3) is 11.5 Å². The summed E-state index contributed by atoms with van der Waals surface area (Å²) in [6.07, 6.45) is 2.97. The molecule has 0 amide bonds. The number of hydrogen-bond donors (Lipinski definition) is 1. The second-order valence-electron chi connectivity index (χ2n) is 3.63. The number of hydrogen-bond acceptors (Lipinski definition) is 4. The molecular weight excluding hydrogens is 207 g/mol. The molecule has 16 heavy (non-hydrogen) atoms. The van der Waals surface area contributed by atoms with Crippen LogP contribution in [0.15, 0.2) is 24.5 Å². The highest BCUT2D eigenvalue weighted by Crippen LogP contribution is 2.17. The van der Waals surface area contributed by atoms with E-state index in [2.05, 4.69) is 20.3 Å². The molecule has 5 heteroatoms. The van der Waals surface area contributed by atoms with E-state index in [9.17, 15) is 4.39 Å². The normalized spacial score (nSPS) is 13.8. The van der Waals surface area contributed by atoms with E-state index in [0.29, 0.717) is 11.5 Å². The number of rotatable bonds is 1. The summed E-state index contributed by atoms with van der Waals surface area (Å²) in [4.78, 5) is 12.6. The maximum atomic E-state index is 12.7. The Morgan fingerprint density at radius 1 is 1.12 bits per heavy atom. The highest BCUT2D eigenvalue weighted by Gasteiger charge is 2.13. The molecule has 0 radical (unpaired) electrons. The van der Waals surface area contributed by atoms with Gasteiger partial charge >= 0.3 is 0 Å². The van der Waals surface area contributed by atoms with Crippen LogP contribution in [0.2, 0.25) is 0 Å². The van der Waals surface area contributed by atoms with Gasteiger partial charge in [0.15, 0.2) is 5.82 Å². The van der Waals surface area contributed by atoms with Gasteiger partial charge < -0.3 is 5.32 Å². The summed E-state index contributed by atoms with van der Waals surface area (Å²) in [5, 5.41) is 3.19. The largest absolute Gasteiger partial charge is 0.307 e. The van der Waals surface area contributed by atoms with Gasteiger partial charge in [0.05, 0.1) is 11.9 Å². The summed E-state index contributed by atoms with van der Waals surface area (Å²) in [6, 6.07) is 2.94. The third-order valence-corrected chi connectivity index (χ3v) is 2.52. The molecule has 0 aliphatic carbocycles. The minimum atomic E-state index is -0.355. The second kappa shape index (κ2) is 3.61. The van der Waals surface area contributed by atoms with E-state index in [1.807, 2.05) is 0 Å². The monoisotopic (exact) mass is 216 g/mol. The third kappa shape index (κ3) is 1.55. The highest BCUT2D eigenvalue weighted by molar-refractivity contribution is 5.49. The van der Waals surface area contributed by atoms with Crippen molar-refractivity contribution in [2.45, 2.75) is 13.1 Å². The Labute approximate surface area is 91.6 Å². The van der Waals surface area contributed by atoms with Crippen molar-refractivity contribution in [3.05, 3.63) is 41.6 Å². The van der Waals surface area contributed by atoms with Crippen molar-refractivity contribution in [2.24, 2.45) is 0 Å². The maximum Gasteiger partial charge on any atom is 0.178 e. The molecule has 0 atom stereocenters. The van der Waals surface area contributed by atoms with Crippen LogP contribution in [-0.4, -0.2) is 15.0 Å². The van der Waals surface area contributed by atoms with Crippen LogP contribution in [0.5, 0.6) is 0 Å². The van der Waals surface area contributed by atoms with Crippen molar-refractivity contribution in [1.82, 2.24) is 20.3 Å². The molecule has 2 aromatic heterocycles. The maximum absolute atomic E-state index is 12.7. The van der Waals surface area contributed by atoms with E-state index in [0.717, 1.165) is 24.3 Å². The van der Waals surface area contributed by atoms with Gasteiger partial charge in [-0.25, -0.2) is 19.3 Å². The lowest BCUT2D eigenvalue weighted by atomic mass is 10.2. The standard InChI is InChI=1S/C11H9FN4/c12-8-1-2-9(14-5-8)11-15-4-7-3-13-6-10(7)16-11/h1-2,4-5,13H,3,6H2. The molecule has 0 saturated carbocycles. The summed E-state index contributed by atoms with van der Waals surface area (Å²) in [5.41, 5.74) is 2.71. The van der Waals surface area contributed by atoms with Gasteiger partial charge in [0.25, 0.3) is 0 Å². The van der Waals surface area contributed by atoms with E-state index in [1.165, 1.54) is 12.3 Å². The van der Waals surface area contributed by atoms with Crippen LogP contribution in [0.1, 0.15) is 11.3 Å². The lowest BCUT2D eigenvalue weighted by molar-refractivity contribution is 0.621. The van der Waals surface area contributed by atoms with Crippen LogP contribution in [-0.2, 0) is 13.1 Å². The summed E-state index contributed by atoms with van der Waals surface area (Å²) >= 11 is 0. The Balaban J connectivity index is 2.03. The second-order valence-corrected chi connectivity index (χ2v) is 3.63. The Bertz CT molecular complexity index is 524. The first-order valence-electron chi connectivity index (χ1n) is 5.00. The topological polar surface area (TPSA) is 50.7 Å². The van der Waals surface area contributed by atoms with Crippen LogP contribution in [0.4, 0.5) is 4.39 Å². The number of fused-ring (bicyclic) bond motifs is 1. The molecule has 1 aliphatic heterocycles. The molecule has 4 nitrogen and oxygen atoms in total. The zero-order chi connectivity index (χ0) is 11.0. The first-order chi connectivity index (χ1) is 7.83. The molecule has 3 heterocycles. The van der Waals surface area contributed by atoms with Crippen LogP contribution in [0, 0.1) is 5.82 Å². The van der Waals surface area contributed by atoms with Gasteiger partial charge in [-0.15, -0.1) is 0 Å². The summed E-state index contributed by atoms with van der Waals surface area (Å²) in [6.45, 7) is 1.57. The Hall–Kier alpha value is -1.88. The quantitative estimate of drug-likeness (QED) is 0.780. The SMILES string of the molecule is Fc1ccc(-c2ncc3c(n2)CNC3)nc1. The molecule has 0 aromatic carbocycles. The Morgan fingerprint density at radius 2 is 2.06 bits per heavy atom. The number of aromatic nitrogens is 3. The molecule has 0 spiro atoms. The predicted octanol–water partition coefficient (Wildman–Crippen LogP) is 1.28. The van der Waals surface area contributed by atoms with Gasteiger partial charge in [-0.1, -0.05) is 0 Å². The van der Waals surface area contributed by atoms with Gasteiger partial charge in [-0.2, -0.15) is 0 Å². The van der Waals surface area contributed by atoms with Crippen molar-refractivity contribution in [2.75, 3.05) is 0 Å². The third-order valence-electron chi connectivity index (χ3n) is 2.52. The van der Waals surface area contributed by atoms with Crippen LogP contribution < -0.4 is 5.32 Å². The molecule has 1 N–H and O–H groups in total. The average molecular weight is 216 g/mol. The van der Waals surface area contributed by atoms with E-state index in [4.69, 9.17) is 0 Å². The highest BCUT2D eigenvalue weighted by atomic mass is 19.1. The minimum absolute atomic E-state index is 0.355. The number of nitrogens with zero attached hydrogens (tertiary/aromatic N) is 3. The van der Waals surface area contributed by atoms with Crippen LogP contribution in [0.3, 0.4) is 0 Å². The fourth-order valence-corrected chi connectivity index (χ4v) is 1.69. The molecule has 2 aromatic rings. The first-order valence-corrected chi connectivity index (χ1v) is 5.00. The molecule has 0 saturated heterocycles. The number of halogens is 1. The van der Waals surface area contributed by atoms with Crippen molar-refractivity contribution >= 4 is 0 Å². The minimum Gasteiger partial charge on any atom is -0.307 e. The molecule has 3 rings (SSSR count). The van der Waals surface area contributed by atoms with Crippen molar-refractivity contribution in [3.8, 4) is 11.5 Å². The smallest absolute Gasteiger partial charge is 0.178 e. The van der Waals surface area contributed by atoms with Gasteiger partial charge in [0.2, 0.25) is 0 Å². The molecule has 0 fully saturated rings. The van der Waals surface area contributed by atoms with Crippen molar-refractivity contribution in [1.29, 1.82) is 0 Å². The van der Waals surface area contributed by atoms with Gasteiger partial charge in [0.1, 0.15) is 11.5 Å². The van der Waals surface area contributed by atoms with Crippen LogP contribution >= 0.6 is 0 Å². The summed E-state index contributed by atoms with van der Waals surface area (Å²) < 4.78 is 12.7. The predicted molar refractivity (Wildman–Crippen MR) is 55.8 cm³/mol. The zero-order valence-corrected chi connectivity index (χ0v) is 8.44. The molecule has 0 bridgehead atoms. The summed E-state index contributed by atoms with van der Waals surface area (Å²) in [5.74, 6) is 0.189. The fourth-order valence-electron chi connectivity index (χ4n) is 1.69. The average Bonchev–Trinajstić information content (AvgIpc) is 2.77. The number of nitrogens with one attached hydrogen (secondary N) is 1. The molecular formula is C11H9FN4. The van der Waals surface area contributed by atoms with Crippen molar-refractivity contribution in [3.63, 3.8) is 0 Å². The van der Waals surface area contributed by atoms with E-state index >= 15 is 0 Å². The lowest BCUT2D eigenvalue weighted by Gasteiger charge is -2.01. The van der Waals surface area contributed by atoms with Gasteiger partial charge in [0, 0.05) is 24.8 Å². The number of pyridine rings is 1. The van der Waals surface area contributed by atoms with Gasteiger partial charge in [-0.05, 0) is 12.1 Å². The van der Waals surface area contributed by atoms with E-state index < -0.39 is 0 Å². The summed E-state index contributed by atoms with van der Waals surface area (Å²) in [7, 11) is 0.